The molecule has 1 aliphatic heterocycles. The highest BCUT2D eigenvalue weighted by atomic mass is 16.6. The van der Waals surface area contributed by atoms with Crippen LogP contribution in [0.2, 0.25) is 0 Å². The van der Waals surface area contributed by atoms with Crippen molar-refractivity contribution in [3.63, 3.8) is 0 Å². The first-order valence-corrected chi connectivity index (χ1v) is 7.76. The summed E-state index contributed by atoms with van der Waals surface area (Å²) in [5.41, 5.74) is 1.19. The number of nitrogens with zero attached hydrogens (tertiary/aromatic N) is 2. The van der Waals surface area contributed by atoms with Gasteiger partial charge in [0.1, 0.15) is 0 Å². The minimum atomic E-state index is -1.65. The lowest BCUT2D eigenvalue weighted by atomic mass is 9.82. The number of hydrogen-bond donors (Lipinski definition) is 1. The summed E-state index contributed by atoms with van der Waals surface area (Å²) in [7, 11) is 0. The summed E-state index contributed by atoms with van der Waals surface area (Å²) in [4.78, 5) is 34.2. The number of ketones is 1. The molecule has 2 aromatic carbocycles. The molecule has 1 aliphatic rings. The van der Waals surface area contributed by atoms with Crippen molar-refractivity contribution in [2.75, 3.05) is 0 Å². The lowest BCUT2D eigenvalue weighted by Gasteiger charge is -2.30. The number of quaternary nitrogens is 1. The Morgan fingerprint density at radius 2 is 1.08 bits per heavy atom. The number of nitro groups is 2. The Balaban J connectivity index is 2.09. The number of hydrogen-bond acceptors (Lipinski definition) is 5. The van der Waals surface area contributed by atoms with Gasteiger partial charge in [-0.15, -0.1) is 0 Å². The van der Waals surface area contributed by atoms with Crippen LogP contribution in [0.25, 0.3) is 0 Å². The molecule has 0 radical (unpaired) electrons. The zero-order valence-electron chi connectivity index (χ0n) is 13.1. The molecule has 2 aromatic rings. The number of benzene rings is 2. The molecule has 25 heavy (non-hydrogen) atoms. The van der Waals surface area contributed by atoms with Gasteiger partial charge in [-0.05, 0) is 0 Å². The van der Waals surface area contributed by atoms with Crippen molar-refractivity contribution in [1.82, 2.24) is 0 Å². The molecule has 0 bridgehead atoms. The molecule has 0 spiro atoms. The molecule has 1 heterocycles. The fourth-order valence-electron chi connectivity index (χ4n) is 3.37. The molecule has 8 nitrogen and oxygen atoms in total. The number of rotatable bonds is 4. The molecular formula is C17H16N3O5+. The van der Waals surface area contributed by atoms with Crippen LogP contribution in [0.4, 0.5) is 0 Å². The number of carbonyl (C=O) groups excluding carboxylic acids is 1. The molecular weight excluding hydrogens is 326 g/mol. The van der Waals surface area contributed by atoms with Gasteiger partial charge in [-0.2, -0.15) is 0 Å². The maximum Gasteiger partial charge on any atom is 0.332 e. The summed E-state index contributed by atoms with van der Waals surface area (Å²) in [6.07, 6.45) is 0. The van der Waals surface area contributed by atoms with Crippen molar-refractivity contribution in [1.29, 1.82) is 0 Å². The average Bonchev–Trinajstić information content (AvgIpc) is 2.61. The number of nitrogens with two attached hydrogens (primary N) is 1. The average molecular weight is 342 g/mol. The van der Waals surface area contributed by atoms with Crippen LogP contribution in [0.15, 0.2) is 60.7 Å². The lowest BCUT2D eigenvalue weighted by Crippen LogP contribution is -2.95. The number of carbonyl (C=O) groups is 1. The topological polar surface area (TPSA) is 120 Å². The highest BCUT2D eigenvalue weighted by Gasteiger charge is 2.60. The quantitative estimate of drug-likeness (QED) is 0.654. The van der Waals surface area contributed by atoms with E-state index in [4.69, 9.17) is 0 Å². The van der Waals surface area contributed by atoms with Gasteiger partial charge < -0.3 is 5.32 Å². The van der Waals surface area contributed by atoms with Crippen LogP contribution < -0.4 is 5.32 Å². The van der Waals surface area contributed by atoms with E-state index in [0.717, 1.165) is 0 Å². The molecule has 8 heteroatoms. The van der Waals surface area contributed by atoms with Crippen molar-refractivity contribution < 1.29 is 20.0 Å². The minimum Gasteiger partial charge on any atom is -0.321 e. The summed E-state index contributed by atoms with van der Waals surface area (Å²) in [5.74, 6) is -0.958. The van der Waals surface area contributed by atoms with E-state index < -0.39 is 39.8 Å². The van der Waals surface area contributed by atoms with Crippen LogP contribution in [0.5, 0.6) is 0 Å². The van der Waals surface area contributed by atoms with Crippen LogP contribution in [0, 0.1) is 20.2 Å². The fraction of sp³-hybridized carbons (Fsp3) is 0.235. The molecule has 0 amide bonds. The van der Waals surface area contributed by atoms with Gasteiger partial charge in [0.15, 0.2) is 12.1 Å². The van der Waals surface area contributed by atoms with E-state index in [1.54, 1.807) is 66.0 Å². The van der Waals surface area contributed by atoms with Crippen LogP contribution in [0.3, 0.4) is 0 Å². The third-order valence-electron chi connectivity index (χ3n) is 4.50. The summed E-state index contributed by atoms with van der Waals surface area (Å²) < 4.78 is 0. The minimum absolute atomic E-state index is 0.597. The summed E-state index contributed by atoms with van der Waals surface area (Å²) >= 11 is 0. The first-order chi connectivity index (χ1) is 12.0. The Morgan fingerprint density at radius 1 is 0.720 bits per heavy atom. The smallest absolute Gasteiger partial charge is 0.321 e. The monoisotopic (exact) mass is 342 g/mol. The third kappa shape index (κ3) is 3.11. The zero-order chi connectivity index (χ0) is 18.0. The van der Waals surface area contributed by atoms with Crippen LogP contribution >= 0.6 is 0 Å². The Morgan fingerprint density at radius 3 is 1.40 bits per heavy atom. The molecule has 0 aromatic heterocycles. The van der Waals surface area contributed by atoms with Gasteiger partial charge in [0.25, 0.3) is 5.78 Å². The number of Topliss-reactive ketones (excluding diaryl/α,β-unsaturated/α-hetero) is 1. The molecule has 4 atom stereocenters. The molecule has 0 aliphatic carbocycles. The van der Waals surface area contributed by atoms with E-state index >= 15 is 0 Å². The molecule has 0 unspecified atom stereocenters. The van der Waals surface area contributed by atoms with E-state index in [1.165, 1.54) is 0 Å². The fourth-order valence-corrected chi connectivity index (χ4v) is 3.37. The maximum absolute atomic E-state index is 12.7. The van der Waals surface area contributed by atoms with Crippen LogP contribution in [0.1, 0.15) is 23.2 Å². The standard InChI is InChI=1S/C17H15N3O5/c21-17-15(19(22)23)13(11-7-3-1-4-8-11)18-14(16(17)20(24)25)12-9-5-2-6-10-12/h1-10,13-16,18H/p+1/t13-,14+,15-,16-/m1/s1. The van der Waals surface area contributed by atoms with Crippen molar-refractivity contribution >= 4 is 5.78 Å². The molecule has 128 valence electrons. The summed E-state index contributed by atoms with van der Waals surface area (Å²) in [6.45, 7) is 0. The molecule has 1 fully saturated rings. The second-order valence-electron chi connectivity index (χ2n) is 5.93. The van der Waals surface area contributed by atoms with Gasteiger partial charge in [0.05, 0.1) is 0 Å². The first kappa shape index (κ1) is 16.7. The van der Waals surface area contributed by atoms with Gasteiger partial charge in [0.2, 0.25) is 0 Å². The van der Waals surface area contributed by atoms with E-state index in [2.05, 4.69) is 0 Å². The van der Waals surface area contributed by atoms with Crippen molar-refractivity contribution in [3.05, 3.63) is 92.0 Å². The largest absolute Gasteiger partial charge is 0.332 e. The Bertz CT molecular complexity index is 731. The van der Waals surface area contributed by atoms with Crippen LogP contribution in [-0.4, -0.2) is 27.7 Å². The number of piperidine rings is 1. The van der Waals surface area contributed by atoms with Gasteiger partial charge >= 0.3 is 12.1 Å². The lowest BCUT2D eigenvalue weighted by molar-refractivity contribution is -0.790. The maximum atomic E-state index is 12.7. The summed E-state index contributed by atoms with van der Waals surface area (Å²) in [6, 6.07) is 12.3. The highest BCUT2D eigenvalue weighted by Crippen LogP contribution is 2.28. The Labute approximate surface area is 142 Å². The SMILES string of the molecule is O=C1[C@H]([N+](=O)[O-])[C@@H](c2ccccc2)[NH2+][C@@H](c2ccccc2)[C@H]1[N+](=O)[O-]. The second kappa shape index (κ2) is 6.78. The van der Waals surface area contributed by atoms with E-state index in [9.17, 15) is 25.0 Å². The van der Waals surface area contributed by atoms with E-state index in [0.29, 0.717) is 11.1 Å². The summed E-state index contributed by atoms with van der Waals surface area (Å²) in [5, 5.41) is 24.6. The second-order valence-corrected chi connectivity index (χ2v) is 5.93. The first-order valence-electron chi connectivity index (χ1n) is 7.76. The predicted molar refractivity (Wildman–Crippen MR) is 86.9 cm³/mol. The molecule has 3 rings (SSSR count). The predicted octanol–water partition coefficient (Wildman–Crippen LogP) is 0.906. The van der Waals surface area contributed by atoms with Gasteiger partial charge in [-0.3, -0.25) is 25.0 Å². The van der Waals surface area contributed by atoms with Crippen molar-refractivity contribution in [2.24, 2.45) is 0 Å². The molecule has 1 saturated heterocycles. The van der Waals surface area contributed by atoms with Gasteiger partial charge in [-0.25, -0.2) is 0 Å². The van der Waals surface area contributed by atoms with E-state index in [1.807, 2.05) is 0 Å². The van der Waals surface area contributed by atoms with Crippen LogP contribution in [-0.2, 0) is 4.79 Å². The third-order valence-corrected chi connectivity index (χ3v) is 4.50. The van der Waals surface area contributed by atoms with Gasteiger partial charge in [-0.1, -0.05) is 60.7 Å². The van der Waals surface area contributed by atoms with Crippen molar-refractivity contribution in [2.45, 2.75) is 24.2 Å². The normalized spacial score (nSPS) is 26.2. The zero-order valence-corrected chi connectivity index (χ0v) is 13.1. The highest BCUT2D eigenvalue weighted by molar-refractivity contribution is 5.89. The Kier molecular flexibility index (Phi) is 4.53. The van der Waals surface area contributed by atoms with Crippen molar-refractivity contribution in [3.8, 4) is 0 Å². The molecule has 0 saturated carbocycles. The Hall–Kier alpha value is -3.13. The van der Waals surface area contributed by atoms with Gasteiger partial charge in [0, 0.05) is 21.0 Å². The van der Waals surface area contributed by atoms with E-state index in [-0.39, 0.29) is 0 Å². The molecule has 2 N–H and O–H groups in total.